The first-order chi connectivity index (χ1) is 11.8. The predicted molar refractivity (Wildman–Crippen MR) is 94.4 cm³/mol. The zero-order valence-electron chi connectivity index (χ0n) is 14.8. The number of hydrogen-bond acceptors (Lipinski definition) is 4. The zero-order valence-corrected chi connectivity index (χ0v) is 14.8. The van der Waals surface area contributed by atoms with E-state index in [1.807, 2.05) is 45.0 Å². The smallest absolute Gasteiger partial charge is 0.410 e. The van der Waals surface area contributed by atoms with Gasteiger partial charge in [-0.25, -0.2) is 4.79 Å². The van der Waals surface area contributed by atoms with Gasteiger partial charge in [0.1, 0.15) is 5.60 Å². The van der Waals surface area contributed by atoms with Gasteiger partial charge < -0.3 is 15.0 Å². The molecule has 1 aliphatic heterocycles. The first kappa shape index (κ1) is 17.3. The zero-order chi connectivity index (χ0) is 18.0. The molecule has 1 saturated heterocycles. The Morgan fingerprint density at radius 2 is 1.92 bits per heavy atom. The molecule has 0 radical (unpaired) electrons. The summed E-state index contributed by atoms with van der Waals surface area (Å²) in [4.78, 5) is 26.3. The van der Waals surface area contributed by atoms with Crippen LogP contribution in [0.25, 0.3) is 10.9 Å². The number of benzene rings is 1. The molecule has 2 amide bonds. The van der Waals surface area contributed by atoms with E-state index in [1.54, 1.807) is 4.90 Å². The lowest BCUT2D eigenvalue weighted by Gasteiger charge is -2.33. The van der Waals surface area contributed by atoms with Crippen LogP contribution in [0.2, 0.25) is 0 Å². The molecule has 134 valence electrons. The molecule has 25 heavy (non-hydrogen) atoms. The summed E-state index contributed by atoms with van der Waals surface area (Å²) in [5.74, 6) is -0.187. The second-order valence-electron chi connectivity index (χ2n) is 7.33. The fourth-order valence-corrected chi connectivity index (χ4v) is 2.92. The Bertz CT molecular complexity index is 770. The Hall–Kier alpha value is -2.57. The molecule has 2 N–H and O–H groups in total. The molecule has 2 aromatic rings. The van der Waals surface area contributed by atoms with Gasteiger partial charge in [-0.3, -0.25) is 9.89 Å². The van der Waals surface area contributed by atoms with Crippen LogP contribution in [0, 0.1) is 0 Å². The normalized spacial score (nSPS) is 16.0. The summed E-state index contributed by atoms with van der Waals surface area (Å²) in [6, 6.07) is 7.57. The highest BCUT2D eigenvalue weighted by Gasteiger charge is 2.28. The Morgan fingerprint density at radius 1 is 1.24 bits per heavy atom. The third-order valence-electron chi connectivity index (χ3n) is 4.17. The van der Waals surface area contributed by atoms with Crippen molar-refractivity contribution in [1.29, 1.82) is 0 Å². The Labute approximate surface area is 146 Å². The molecule has 0 spiro atoms. The third kappa shape index (κ3) is 4.10. The van der Waals surface area contributed by atoms with E-state index in [0.29, 0.717) is 31.6 Å². The van der Waals surface area contributed by atoms with Crippen LogP contribution in [0.4, 0.5) is 4.79 Å². The number of rotatable bonds is 2. The SMILES string of the molecule is CC(C)(C)OC(=O)N1CCC(NC(=O)c2n[nH]c3ccccc23)CC1. The molecule has 1 aromatic carbocycles. The van der Waals surface area contributed by atoms with Crippen LogP contribution >= 0.6 is 0 Å². The van der Waals surface area contributed by atoms with E-state index in [1.165, 1.54) is 0 Å². The fraction of sp³-hybridized carbons (Fsp3) is 0.500. The number of nitrogens with one attached hydrogen (secondary N) is 2. The molecule has 1 aliphatic rings. The van der Waals surface area contributed by atoms with E-state index in [9.17, 15) is 9.59 Å². The molecular formula is C18H24N4O3. The molecule has 1 aromatic heterocycles. The maximum Gasteiger partial charge on any atom is 0.410 e. The van der Waals surface area contributed by atoms with Crippen LogP contribution in [0.5, 0.6) is 0 Å². The van der Waals surface area contributed by atoms with E-state index < -0.39 is 5.60 Å². The lowest BCUT2D eigenvalue weighted by atomic mass is 10.0. The molecule has 0 aliphatic carbocycles. The number of ether oxygens (including phenoxy) is 1. The fourth-order valence-electron chi connectivity index (χ4n) is 2.92. The van der Waals surface area contributed by atoms with Gasteiger partial charge >= 0.3 is 6.09 Å². The second-order valence-corrected chi connectivity index (χ2v) is 7.33. The summed E-state index contributed by atoms with van der Waals surface area (Å²) < 4.78 is 5.39. The summed E-state index contributed by atoms with van der Waals surface area (Å²) in [5.41, 5.74) is 0.751. The highest BCUT2D eigenvalue weighted by atomic mass is 16.6. The number of hydrogen-bond donors (Lipinski definition) is 2. The van der Waals surface area contributed by atoms with E-state index in [4.69, 9.17) is 4.74 Å². The number of likely N-dealkylation sites (tertiary alicyclic amines) is 1. The number of aromatic nitrogens is 2. The van der Waals surface area contributed by atoms with Gasteiger partial charge in [0, 0.05) is 24.5 Å². The number of H-pyrrole nitrogens is 1. The van der Waals surface area contributed by atoms with Gasteiger partial charge in [-0.2, -0.15) is 5.10 Å². The van der Waals surface area contributed by atoms with Gasteiger partial charge in [-0.15, -0.1) is 0 Å². The second kappa shape index (κ2) is 6.74. The van der Waals surface area contributed by atoms with Crippen LogP contribution < -0.4 is 5.32 Å². The average Bonchev–Trinajstić information content (AvgIpc) is 2.98. The largest absolute Gasteiger partial charge is 0.444 e. The summed E-state index contributed by atoms with van der Waals surface area (Å²) in [7, 11) is 0. The first-order valence-electron chi connectivity index (χ1n) is 8.55. The van der Waals surface area contributed by atoms with Crippen molar-refractivity contribution in [3.8, 4) is 0 Å². The van der Waals surface area contributed by atoms with Crippen molar-refractivity contribution in [2.45, 2.75) is 45.3 Å². The predicted octanol–water partition coefficient (Wildman–Crippen LogP) is 2.69. The molecule has 7 nitrogen and oxygen atoms in total. The number of nitrogens with zero attached hydrogens (tertiary/aromatic N) is 2. The van der Waals surface area contributed by atoms with E-state index in [2.05, 4.69) is 15.5 Å². The summed E-state index contributed by atoms with van der Waals surface area (Å²) in [6.07, 6.45) is 1.11. The number of fused-ring (bicyclic) bond motifs is 1. The van der Waals surface area contributed by atoms with Crippen LogP contribution in [0.1, 0.15) is 44.1 Å². The number of amides is 2. The summed E-state index contributed by atoms with van der Waals surface area (Å²) in [5, 5.41) is 10.8. The molecule has 0 atom stereocenters. The molecule has 0 bridgehead atoms. The number of carbonyl (C=O) groups is 2. The monoisotopic (exact) mass is 344 g/mol. The van der Waals surface area contributed by atoms with Crippen molar-refractivity contribution < 1.29 is 14.3 Å². The van der Waals surface area contributed by atoms with Gasteiger partial charge in [-0.1, -0.05) is 18.2 Å². The Balaban J connectivity index is 1.55. The Morgan fingerprint density at radius 3 is 2.60 bits per heavy atom. The summed E-state index contributed by atoms with van der Waals surface area (Å²) >= 11 is 0. The highest BCUT2D eigenvalue weighted by molar-refractivity contribution is 6.04. The van der Waals surface area contributed by atoms with Gasteiger partial charge in [0.05, 0.1) is 5.52 Å². The van der Waals surface area contributed by atoms with Crippen molar-refractivity contribution in [1.82, 2.24) is 20.4 Å². The van der Waals surface area contributed by atoms with Gasteiger partial charge in [0.15, 0.2) is 5.69 Å². The molecule has 0 unspecified atom stereocenters. The van der Waals surface area contributed by atoms with Crippen molar-refractivity contribution >= 4 is 22.9 Å². The van der Waals surface area contributed by atoms with Crippen LogP contribution in [0.3, 0.4) is 0 Å². The minimum Gasteiger partial charge on any atom is -0.444 e. The quantitative estimate of drug-likeness (QED) is 0.877. The number of aromatic amines is 1. The minimum absolute atomic E-state index is 0.0293. The molecule has 1 fully saturated rings. The number of para-hydroxylation sites is 1. The lowest BCUT2D eigenvalue weighted by Crippen LogP contribution is -2.47. The Kier molecular flexibility index (Phi) is 4.65. The molecule has 7 heteroatoms. The minimum atomic E-state index is -0.497. The topological polar surface area (TPSA) is 87.3 Å². The molecular weight excluding hydrogens is 320 g/mol. The average molecular weight is 344 g/mol. The van der Waals surface area contributed by atoms with Gasteiger partial charge in [0.25, 0.3) is 5.91 Å². The first-order valence-corrected chi connectivity index (χ1v) is 8.55. The highest BCUT2D eigenvalue weighted by Crippen LogP contribution is 2.18. The van der Waals surface area contributed by atoms with Crippen LogP contribution in [-0.2, 0) is 4.74 Å². The van der Waals surface area contributed by atoms with Crippen LogP contribution in [0.15, 0.2) is 24.3 Å². The number of carbonyl (C=O) groups excluding carboxylic acids is 2. The number of piperidine rings is 1. The van der Waals surface area contributed by atoms with Gasteiger partial charge in [0.2, 0.25) is 0 Å². The maximum atomic E-state index is 12.5. The van der Waals surface area contributed by atoms with Crippen LogP contribution in [-0.4, -0.2) is 51.8 Å². The summed E-state index contributed by atoms with van der Waals surface area (Å²) in [6.45, 7) is 6.70. The van der Waals surface area contributed by atoms with Crippen molar-refractivity contribution in [2.24, 2.45) is 0 Å². The molecule has 2 heterocycles. The van der Waals surface area contributed by atoms with E-state index >= 15 is 0 Å². The maximum absolute atomic E-state index is 12.5. The molecule has 3 rings (SSSR count). The van der Waals surface area contributed by atoms with Crippen molar-refractivity contribution in [3.63, 3.8) is 0 Å². The van der Waals surface area contributed by atoms with Gasteiger partial charge in [-0.05, 0) is 39.7 Å². The van der Waals surface area contributed by atoms with Crippen molar-refractivity contribution in [2.75, 3.05) is 13.1 Å². The van der Waals surface area contributed by atoms with E-state index in [-0.39, 0.29) is 18.0 Å². The lowest BCUT2D eigenvalue weighted by molar-refractivity contribution is 0.0199. The third-order valence-corrected chi connectivity index (χ3v) is 4.17. The van der Waals surface area contributed by atoms with E-state index in [0.717, 1.165) is 10.9 Å². The molecule has 0 saturated carbocycles. The van der Waals surface area contributed by atoms with Crippen molar-refractivity contribution in [3.05, 3.63) is 30.0 Å². The standard InChI is InChI=1S/C18H24N4O3/c1-18(2,3)25-17(24)22-10-8-12(9-11-22)19-16(23)15-13-6-4-5-7-14(13)20-21-15/h4-7,12H,8-11H2,1-3H3,(H,19,23)(H,20,21).